The van der Waals surface area contributed by atoms with Crippen LogP contribution in [-0.2, 0) is 16.0 Å². The van der Waals surface area contributed by atoms with Crippen LogP contribution in [0.4, 0.5) is 5.69 Å². The highest BCUT2D eigenvalue weighted by atomic mass is 16.5. The van der Waals surface area contributed by atoms with Crippen molar-refractivity contribution in [2.24, 2.45) is 0 Å². The molecule has 0 aliphatic rings. The predicted octanol–water partition coefficient (Wildman–Crippen LogP) is 3.03. The zero-order valence-corrected chi connectivity index (χ0v) is 11.6. The van der Waals surface area contributed by atoms with E-state index in [0.29, 0.717) is 13.2 Å². The number of likely N-dealkylation sites (N-methyl/N-ethyl adjacent to an activating group) is 1. The zero-order chi connectivity index (χ0) is 13.4. The van der Waals surface area contributed by atoms with Crippen LogP contribution in [0.2, 0.25) is 0 Å². The summed E-state index contributed by atoms with van der Waals surface area (Å²) in [7, 11) is 1.90. The summed E-state index contributed by atoms with van der Waals surface area (Å²) in [4.78, 5) is 13.5. The first-order chi connectivity index (χ1) is 8.67. The highest BCUT2D eigenvalue weighted by Gasteiger charge is 2.08. The van der Waals surface area contributed by atoms with Crippen molar-refractivity contribution in [3.63, 3.8) is 0 Å². The number of anilines is 1. The Morgan fingerprint density at radius 2 is 1.89 bits per heavy atom. The van der Waals surface area contributed by atoms with Gasteiger partial charge < -0.3 is 9.64 Å². The van der Waals surface area contributed by atoms with Gasteiger partial charge in [-0.1, -0.05) is 32.4 Å². The third-order valence-electron chi connectivity index (χ3n) is 2.91. The fourth-order valence-electron chi connectivity index (χ4n) is 1.65. The summed E-state index contributed by atoms with van der Waals surface area (Å²) in [5, 5.41) is 0. The van der Waals surface area contributed by atoms with Gasteiger partial charge in [0, 0.05) is 12.7 Å². The van der Waals surface area contributed by atoms with Crippen molar-refractivity contribution >= 4 is 11.7 Å². The first kappa shape index (κ1) is 14.6. The normalized spacial score (nSPS) is 10.2. The minimum atomic E-state index is -0.162. The van der Waals surface area contributed by atoms with Crippen LogP contribution < -0.4 is 4.90 Å². The number of rotatable bonds is 7. The minimum Gasteiger partial charge on any atom is -0.464 e. The maximum absolute atomic E-state index is 11.6. The third kappa shape index (κ3) is 4.78. The van der Waals surface area contributed by atoms with E-state index >= 15 is 0 Å². The summed E-state index contributed by atoms with van der Waals surface area (Å²) < 4.78 is 5.14. The van der Waals surface area contributed by atoms with Gasteiger partial charge in [-0.15, -0.1) is 0 Å². The Morgan fingerprint density at radius 1 is 1.22 bits per heavy atom. The Bertz CT molecular complexity index is 359. The van der Waals surface area contributed by atoms with Gasteiger partial charge >= 0.3 is 5.97 Å². The van der Waals surface area contributed by atoms with E-state index in [1.807, 2.05) is 24.1 Å². The fraction of sp³-hybridized carbons (Fsp3) is 0.533. The number of carbonyl (C=O) groups excluding carboxylic acids is 1. The van der Waals surface area contributed by atoms with E-state index in [2.05, 4.69) is 26.0 Å². The molecule has 0 aliphatic heterocycles. The van der Waals surface area contributed by atoms with E-state index in [4.69, 9.17) is 4.74 Å². The van der Waals surface area contributed by atoms with Crippen LogP contribution in [-0.4, -0.2) is 26.2 Å². The molecule has 1 rings (SSSR count). The first-order valence-corrected chi connectivity index (χ1v) is 6.63. The Morgan fingerprint density at radius 3 is 2.44 bits per heavy atom. The number of ether oxygens (including phenoxy) is 1. The smallest absolute Gasteiger partial charge is 0.325 e. The molecule has 0 radical (unpaired) electrons. The monoisotopic (exact) mass is 249 g/mol. The van der Waals surface area contributed by atoms with Crippen molar-refractivity contribution in [1.29, 1.82) is 0 Å². The molecule has 3 heteroatoms. The largest absolute Gasteiger partial charge is 0.464 e. The Labute approximate surface area is 110 Å². The van der Waals surface area contributed by atoms with Gasteiger partial charge in [-0.25, -0.2) is 0 Å². The molecule has 0 unspecified atom stereocenters. The van der Waals surface area contributed by atoms with Gasteiger partial charge in [0.1, 0.15) is 6.54 Å². The van der Waals surface area contributed by atoms with E-state index in [9.17, 15) is 4.79 Å². The number of hydrogen-bond donors (Lipinski definition) is 0. The predicted molar refractivity (Wildman–Crippen MR) is 75.0 cm³/mol. The maximum atomic E-state index is 11.6. The summed E-state index contributed by atoms with van der Waals surface area (Å²) in [6, 6.07) is 8.26. The molecule has 1 aromatic rings. The second kappa shape index (κ2) is 7.75. The molecule has 0 aromatic heterocycles. The second-order valence-corrected chi connectivity index (χ2v) is 4.45. The molecule has 0 N–H and O–H groups in total. The van der Waals surface area contributed by atoms with Crippen molar-refractivity contribution in [3.8, 4) is 0 Å². The van der Waals surface area contributed by atoms with Gasteiger partial charge in [0.2, 0.25) is 0 Å². The lowest BCUT2D eigenvalue weighted by atomic mass is 10.1. The van der Waals surface area contributed by atoms with Gasteiger partial charge in [-0.3, -0.25) is 4.79 Å². The van der Waals surface area contributed by atoms with E-state index < -0.39 is 0 Å². The average Bonchev–Trinajstić information content (AvgIpc) is 2.39. The lowest BCUT2D eigenvalue weighted by Gasteiger charge is -2.18. The summed E-state index contributed by atoms with van der Waals surface area (Å²) in [5.74, 6) is -0.162. The number of esters is 1. The molecule has 0 atom stereocenters. The summed E-state index contributed by atoms with van der Waals surface area (Å²) >= 11 is 0. The molecule has 0 spiro atoms. The molecule has 0 saturated carbocycles. The summed E-state index contributed by atoms with van der Waals surface area (Å²) in [6.07, 6.45) is 3.01. The maximum Gasteiger partial charge on any atom is 0.325 e. The molecule has 18 heavy (non-hydrogen) atoms. The first-order valence-electron chi connectivity index (χ1n) is 6.63. The molecular formula is C15H23NO2. The summed E-state index contributed by atoms with van der Waals surface area (Å²) in [6.45, 7) is 5.03. The Kier molecular flexibility index (Phi) is 6.26. The van der Waals surface area contributed by atoms with Crippen molar-refractivity contribution in [1.82, 2.24) is 0 Å². The van der Waals surface area contributed by atoms with Gasteiger partial charge in [0.25, 0.3) is 0 Å². The Hall–Kier alpha value is -1.51. The molecule has 0 aliphatic carbocycles. The van der Waals surface area contributed by atoms with Gasteiger partial charge in [0.15, 0.2) is 0 Å². The minimum absolute atomic E-state index is 0.162. The van der Waals surface area contributed by atoms with Crippen LogP contribution in [0.1, 0.15) is 32.3 Å². The quantitative estimate of drug-likeness (QED) is 0.549. The van der Waals surface area contributed by atoms with Crippen molar-refractivity contribution in [3.05, 3.63) is 29.8 Å². The van der Waals surface area contributed by atoms with Crippen molar-refractivity contribution in [2.75, 3.05) is 25.1 Å². The van der Waals surface area contributed by atoms with Crippen LogP contribution in [0.3, 0.4) is 0 Å². The van der Waals surface area contributed by atoms with Gasteiger partial charge in [0.05, 0.1) is 6.61 Å². The summed E-state index contributed by atoms with van der Waals surface area (Å²) in [5.41, 5.74) is 2.34. The lowest BCUT2D eigenvalue weighted by Crippen LogP contribution is -2.27. The molecule has 100 valence electrons. The number of nitrogens with zero attached hydrogens (tertiary/aromatic N) is 1. The number of hydrogen-bond acceptors (Lipinski definition) is 3. The van der Waals surface area contributed by atoms with E-state index in [-0.39, 0.29) is 5.97 Å². The van der Waals surface area contributed by atoms with E-state index in [1.54, 1.807) is 0 Å². The van der Waals surface area contributed by atoms with Crippen LogP contribution in [0.15, 0.2) is 24.3 Å². The van der Waals surface area contributed by atoms with Gasteiger partial charge in [-0.05, 0) is 30.5 Å². The number of benzene rings is 1. The van der Waals surface area contributed by atoms with Crippen LogP contribution >= 0.6 is 0 Å². The highest BCUT2D eigenvalue weighted by molar-refractivity contribution is 5.75. The third-order valence-corrected chi connectivity index (χ3v) is 2.91. The lowest BCUT2D eigenvalue weighted by molar-refractivity contribution is -0.142. The molecule has 3 nitrogen and oxygen atoms in total. The van der Waals surface area contributed by atoms with Crippen LogP contribution in [0, 0.1) is 0 Å². The highest BCUT2D eigenvalue weighted by Crippen LogP contribution is 2.14. The zero-order valence-electron chi connectivity index (χ0n) is 11.6. The Balaban J connectivity index is 2.43. The number of aryl methyl sites for hydroxylation is 1. The van der Waals surface area contributed by atoms with Gasteiger partial charge in [-0.2, -0.15) is 0 Å². The van der Waals surface area contributed by atoms with Crippen LogP contribution in [0.5, 0.6) is 0 Å². The number of unbranched alkanes of at least 4 members (excludes halogenated alkanes) is 1. The van der Waals surface area contributed by atoms with Crippen molar-refractivity contribution < 1.29 is 9.53 Å². The molecular weight excluding hydrogens is 226 g/mol. The number of carbonyl (C=O) groups is 1. The fourth-order valence-corrected chi connectivity index (χ4v) is 1.65. The topological polar surface area (TPSA) is 29.5 Å². The molecule has 0 saturated heterocycles. The van der Waals surface area contributed by atoms with E-state index in [1.165, 1.54) is 5.56 Å². The standard InChI is InChI=1S/C15H23NO2/c1-4-6-11-18-15(17)12-16(3)14-9-7-13(5-2)8-10-14/h7-10H,4-6,11-12H2,1-3H3. The SMILES string of the molecule is CCCCOC(=O)CN(C)c1ccc(CC)cc1. The molecule has 0 fully saturated rings. The second-order valence-electron chi connectivity index (χ2n) is 4.45. The van der Waals surface area contributed by atoms with E-state index in [0.717, 1.165) is 24.9 Å². The van der Waals surface area contributed by atoms with Crippen LogP contribution in [0.25, 0.3) is 0 Å². The molecule has 0 amide bonds. The average molecular weight is 249 g/mol. The molecule has 0 heterocycles. The molecule has 0 bridgehead atoms. The van der Waals surface area contributed by atoms with Crippen molar-refractivity contribution in [2.45, 2.75) is 33.1 Å². The molecule has 1 aromatic carbocycles.